The molecular formula is C19H27ClN2OS. The van der Waals surface area contributed by atoms with Crippen molar-refractivity contribution in [1.82, 2.24) is 10.6 Å². The Morgan fingerprint density at radius 1 is 1.29 bits per heavy atom. The lowest BCUT2D eigenvalue weighted by atomic mass is 9.99. The Labute approximate surface area is 154 Å². The minimum atomic E-state index is 0. The first-order valence-electron chi connectivity index (χ1n) is 8.70. The summed E-state index contributed by atoms with van der Waals surface area (Å²) in [6.07, 6.45) is 6.02. The highest BCUT2D eigenvalue weighted by Crippen LogP contribution is 2.33. The molecule has 132 valence electrons. The number of hydrogen-bond donors (Lipinski definition) is 2. The average molecular weight is 367 g/mol. The molecule has 1 amide bonds. The summed E-state index contributed by atoms with van der Waals surface area (Å²) in [5, 5.41) is 7.97. The third kappa shape index (κ3) is 4.50. The lowest BCUT2D eigenvalue weighted by molar-refractivity contribution is 0.0946. The van der Waals surface area contributed by atoms with Crippen molar-refractivity contribution in [1.29, 1.82) is 0 Å². The number of hydrogen-bond acceptors (Lipinski definition) is 3. The summed E-state index contributed by atoms with van der Waals surface area (Å²) in [6.45, 7) is 5.12. The number of fused-ring (bicyclic) bond motifs is 1. The second kappa shape index (κ2) is 8.84. The van der Waals surface area contributed by atoms with Crippen molar-refractivity contribution in [2.75, 3.05) is 6.54 Å². The van der Waals surface area contributed by atoms with Gasteiger partial charge >= 0.3 is 0 Å². The fourth-order valence-corrected chi connectivity index (χ4v) is 4.47. The van der Waals surface area contributed by atoms with Crippen molar-refractivity contribution in [3.63, 3.8) is 0 Å². The van der Waals surface area contributed by atoms with Crippen LogP contribution in [0.2, 0.25) is 0 Å². The van der Waals surface area contributed by atoms with Crippen LogP contribution < -0.4 is 10.6 Å². The molecule has 1 aliphatic heterocycles. The minimum absolute atomic E-state index is 0. The first-order valence-corrected chi connectivity index (χ1v) is 9.51. The molecule has 0 saturated carbocycles. The fraction of sp³-hybridized carbons (Fsp3) is 0.526. The Balaban J connectivity index is 0.00000208. The van der Waals surface area contributed by atoms with Crippen LogP contribution in [-0.4, -0.2) is 24.5 Å². The lowest BCUT2D eigenvalue weighted by Gasteiger charge is -2.17. The molecule has 1 aliphatic rings. The molecule has 1 aromatic carbocycles. The van der Waals surface area contributed by atoms with E-state index >= 15 is 0 Å². The summed E-state index contributed by atoms with van der Waals surface area (Å²) >= 11 is 1.63. The number of halogens is 1. The van der Waals surface area contributed by atoms with Crippen LogP contribution in [0.15, 0.2) is 24.3 Å². The summed E-state index contributed by atoms with van der Waals surface area (Å²) in [5.74, 6) is 0.0739. The Bertz CT molecular complexity index is 675. The summed E-state index contributed by atoms with van der Waals surface area (Å²) < 4.78 is 1.21. The largest absolute Gasteiger partial charge is 0.349 e. The van der Waals surface area contributed by atoms with Crippen molar-refractivity contribution in [3.8, 4) is 0 Å². The molecule has 2 heterocycles. The minimum Gasteiger partial charge on any atom is -0.349 e. The van der Waals surface area contributed by atoms with Crippen molar-refractivity contribution < 1.29 is 4.79 Å². The number of thiophene rings is 1. The maximum atomic E-state index is 12.6. The summed E-state index contributed by atoms with van der Waals surface area (Å²) in [5.41, 5.74) is 1.23. The van der Waals surface area contributed by atoms with E-state index in [1.807, 2.05) is 13.8 Å². The van der Waals surface area contributed by atoms with Crippen LogP contribution in [0, 0.1) is 0 Å². The zero-order chi connectivity index (χ0) is 16.2. The molecule has 3 nitrogen and oxygen atoms in total. The van der Waals surface area contributed by atoms with E-state index in [0.717, 1.165) is 17.8 Å². The van der Waals surface area contributed by atoms with Crippen LogP contribution in [0.25, 0.3) is 10.1 Å². The second-order valence-electron chi connectivity index (χ2n) is 6.74. The maximum absolute atomic E-state index is 12.6. The monoisotopic (exact) mass is 366 g/mol. The number of rotatable bonds is 4. The number of benzene rings is 1. The van der Waals surface area contributed by atoms with E-state index < -0.39 is 0 Å². The van der Waals surface area contributed by atoms with Crippen LogP contribution >= 0.6 is 23.7 Å². The van der Waals surface area contributed by atoms with Crippen LogP contribution in [0.4, 0.5) is 0 Å². The molecule has 3 rings (SSSR count). The van der Waals surface area contributed by atoms with Gasteiger partial charge in [-0.05, 0) is 56.7 Å². The highest BCUT2D eigenvalue weighted by atomic mass is 35.5. The van der Waals surface area contributed by atoms with Gasteiger partial charge in [0.15, 0.2) is 0 Å². The summed E-state index contributed by atoms with van der Waals surface area (Å²) in [7, 11) is 0. The van der Waals surface area contributed by atoms with Crippen molar-refractivity contribution in [3.05, 3.63) is 34.7 Å². The normalized spacial score (nSPS) is 18.2. The molecule has 5 heteroatoms. The van der Waals surface area contributed by atoms with Crippen molar-refractivity contribution >= 4 is 39.7 Å². The predicted molar refractivity (Wildman–Crippen MR) is 106 cm³/mol. The van der Waals surface area contributed by atoms with E-state index in [1.165, 1.54) is 41.3 Å². The Hall–Kier alpha value is -1.10. The number of carbonyl (C=O) groups is 1. The third-order valence-electron chi connectivity index (χ3n) is 4.44. The van der Waals surface area contributed by atoms with Gasteiger partial charge in [-0.15, -0.1) is 23.7 Å². The number of amides is 1. The van der Waals surface area contributed by atoms with Gasteiger partial charge in [-0.25, -0.2) is 0 Å². The highest BCUT2D eigenvalue weighted by molar-refractivity contribution is 7.21. The Kier molecular flexibility index (Phi) is 7.08. The highest BCUT2D eigenvalue weighted by Gasteiger charge is 2.22. The molecule has 1 fully saturated rings. The van der Waals surface area contributed by atoms with E-state index in [1.54, 1.807) is 11.3 Å². The van der Waals surface area contributed by atoms with Gasteiger partial charge in [-0.3, -0.25) is 4.79 Å². The zero-order valence-corrected chi connectivity index (χ0v) is 16.1. The molecule has 1 aromatic heterocycles. The molecular weight excluding hydrogens is 340 g/mol. The van der Waals surface area contributed by atoms with Crippen molar-refractivity contribution in [2.45, 2.75) is 58.0 Å². The average Bonchev–Trinajstić information content (AvgIpc) is 2.69. The molecule has 2 N–H and O–H groups in total. The van der Waals surface area contributed by atoms with Gasteiger partial charge in [0, 0.05) is 16.8 Å². The SMILES string of the molecule is CC(C)NC(=O)c1sc2ccccc2c1CC1CCCCCN1.Cl. The van der Waals surface area contributed by atoms with Crippen LogP contribution in [0.3, 0.4) is 0 Å². The Morgan fingerprint density at radius 3 is 2.88 bits per heavy atom. The molecule has 0 spiro atoms. The second-order valence-corrected chi connectivity index (χ2v) is 7.79. The first kappa shape index (κ1) is 19.2. The quantitative estimate of drug-likeness (QED) is 0.834. The van der Waals surface area contributed by atoms with Gasteiger partial charge in [0.1, 0.15) is 0 Å². The molecule has 0 bridgehead atoms. The lowest BCUT2D eigenvalue weighted by Crippen LogP contribution is -2.32. The van der Waals surface area contributed by atoms with Gasteiger partial charge in [0.25, 0.3) is 5.91 Å². The van der Waals surface area contributed by atoms with E-state index in [9.17, 15) is 4.79 Å². The summed E-state index contributed by atoms with van der Waals surface area (Å²) in [6, 6.07) is 9.05. The third-order valence-corrected chi connectivity index (χ3v) is 5.65. The van der Waals surface area contributed by atoms with Gasteiger partial charge in [-0.1, -0.05) is 31.0 Å². The molecule has 24 heavy (non-hydrogen) atoms. The van der Waals surface area contributed by atoms with E-state index in [-0.39, 0.29) is 24.4 Å². The van der Waals surface area contributed by atoms with Gasteiger partial charge in [0.05, 0.1) is 4.88 Å². The van der Waals surface area contributed by atoms with Crippen molar-refractivity contribution in [2.24, 2.45) is 0 Å². The standard InChI is InChI=1S/C19H26N2OS.ClH/c1-13(2)21-19(22)18-16(12-14-8-4-3-7-11-20-14)15-9-5-6-10-17(15)23-18;/h5-6,9-10,13-14,20H,3-4,7-8,11-12H2,1-2H3,(H,21,22);1H. The summed E-state index contributed by atoms with van der Waals surface area (Å²) in [4.78, 5) is 13.5. The van der Waals surface area contributed by atoms with Gasteiger partial charge in [-0.2, -0.15) is 0 Å². The molecule has 0 radical (unpaired) electrons. The van der Waals surface area contributed by atoms with Crippen LogP contribution in [-0.2, 0) is 6.42 Å². The zero-order valence-electron chi connectivity index (χ0n) is 14.4. The molecule has 2 aromatic rings. The van der Waals surface area contributed by atoms with Crippen LogP contribution in [0.5, 0.6) is 0 Å². The van der Waals surface area contributed by atoms with Gasteiger partial charge < -0.3 is 10.6 Å². The molecule has 1 atom stereocenters. The predicted octanol–water partition coefficient (Wildman–Crippen LogP) is 4.54. The van der Waals surface area contributed by atoms with Gasteiger partial charge in [0.2, 0.25) is 0 Å². The van der Waals surface area contributed by atoms with E-state index in [2.05, 4.69) is 34.9 Å². The number of carbonyl (C=O) groups excluding carboxylic acids is 1. The van der Waals surface area contributed by atoms with E-state index in [0.29, 0.717) is 6.04 Å². The molecule has 1 saturated heterocycles. The fourth-order valence-electron chi connectivity index (χ4n) is 3.33. The molecule has 1 unspecified atom stereocenters. The molecule has 0 aliphatic carbocycles. The smallest absolute Gasteiger partial charge is 0.261 e. The topological polar surface area (TPSA) is 41.1 Å². The first-order chi connectivity index (χ1) is 11.1. The van der Waals surface area contributed by atoms with E-state index in [4.69, 9.17) is 0 Å². The number of nitrogens with one attached hydrogen (secondary N) is 2. The Morgan fingerprint density at radius 2 is 2.08 bits per heavy atom. The van der Waals surface area contributed by atoms with Crippen LogP contribution in [0.1, 0.15) is 54.8 Å². The maximum Gasteiger partial charge on any atom is 0.261 e.